The van der Waals surface area contributed by atoms with Crippen molar-refractivity contribution in [2.45, 2.75) is 20.0 Å². The van der Waals surface area contributed by atoms with Gasteiger partial charge in [0.1, 0.15) is 5.69 Å². The number of carbonyl (C=O) groups excluding carboxylic acids is 1. The Kier molecular flexibility index (Phi) is 7.00. The zero-order valence-corrected chi connectivity index (χ0v) is 17.1. The molecule has 30 heavy (non-hydrogen) atoms. The molecule has 0 fully saturated rings. The van der Waals surface area contributed by atoms with Crippen molar-refractivity contribution >= 4 is 18.2 Å². The summed E-state index contributed by atoms with van der Waals surface area (Å²) in [4.78, 5) is 12.3. The standard InChI is InChI=1S/C23H24N4O3/c1-16(2)30-21-12-11-18(14-22(21)29-3)19-15-20(26-25-19)23(28)27-24-13-7-10-17-8-5-4-6-9-17/h4-16H,1-3H3,(H,25,26)(H,27,28). The molecule has 7 nitrogen and oxygen atoms in total. The number of hydrogen-bond donors (Lipinski definition) is 2. The molecule has 0 saturated heterocycles. The highest BCUT2D eigenvalue weighted by atomic mass is 16.5. The van der Waals surface area contributed by atoms with E-state index in [1.807, 2.05) is 68.5 Å². The van der Waals surface area contributed by atoms with Crippen LogP contribution in [0.15, 0.2) is 65.8 Å². The summed E-state index contributed by atoms with van der Waals surface area (Å²) in [5, 5.41) is 10.9. The van der Waals surface area contributed by atoms with Crippen molar-refractivity contribution in [3.05, 3.63) is 71.9 Å². The van der Waals surface area contributed by atoms with Gasteiger partial charge in [-0.05, 0) is 49.8 Å². The smallest absolute Gasteiger partial charge is 0.289 e. The van der Waals surface area contributed by atoms with Gasteiger partial charge in [-0.2, -0.15) is 10.2 Å². The molecule has 0 saturated carbocycles. The minimum absolute atomic E-state index is 0.0357. The first-order valence-electron chi connectivity index (χ1n) is 9.52. The maximum absolute atomic E-state index is 12.3. The molecule has 1 amide bonds. The number of allylic oxidation sites excluding steroid dienone is 1. The third-order valence-corrected chi connectivity index (χ3v) is 4.06. The molecule has 1 heterocycles. The predicted molar refractivity (Wildman–Crippen MR) is 118 cm³/mol. The molecule has 0 aliphatic heterocycles. The van der Waals surface area contributed by atoms with E-state index in [0.717, 1.165) is 11.1 Å². The number of aromatic amines is 1. The zero-order valence-electron chi connectivity index (χ0n) is 17.1. The van der Waals surface area contributed by atoms with Gasteiger partial charge in [-0.1, -0.05) is 36.4 Å². The Hall–Kier alpha value is -3.87. The SMILES string of the molecule is COc1cc(-c2cc(C(=O)NN=CC=Cc3ccccc3)[nH]n2)ccc1OC(C)C. The number of benzene rings is 2. The van der Waals surface area contributed by atoms with Crippen molar-refractivity contribution in [2.24, 2.45) is 5.10 Å². The molecule has 0 radical (unpaired) electrons. The van der Waals surface area contributed by atoms with Gasteiger partial charge < -0.3 is 9.47 Å². The molecule has 0 aliphatic rings. The summed E-state index contributed by atoms with van der Waals surface area (Å²) in [5.41, 5.74) is 5.23. The second-order valence-electron chi connectivity index (χ2n) is 6.69. The normalized spacial score (nSPS) is 11.3. The van der Waals surface area contributed by atoms with Crippen LogP contribution < -0.4 is 14.9 Å². The van der Waals surface area contributed by atoms with E-state index in [-0.39, 0.29) is 12.0 Å². The lowest BCUT2D eigenvalue weighted by Gasteiger charge is -2.14. The lowest BCUT2D eigenvalue weighted by molar-refractivity contribution is 0.0950. The maximum atomic E-state index is 12.3. The van der Waals surface area contributed by atoms with E-state index in [2.05, 4.69) is 20.7 Å². The number of rotatable bonds is 8. The van der Waals surface area contributed by atoms with Crippen molar-refractivity contribution in [1.82, 2.24) is 15.6 Å². The van der Waals surface area contributed by atoms with Crippen LogP contribution in [0.5, 0.6) is 11.5 Å². The second-order valence-corrected chi connectivity index (χ2v) is 6.69. The third-order valence-electron chi connectivity index (χ3n) is 4.06. The summed E-state index contributed by atoms with van der Waals surface area (Å²) in [6.07, 6.45) is 5.19. The van der Waals surface area contributed by atoms with Gasteiger partial charge in [-0.25, -0.2) is 5.43 Å². The van der Waals surface area contributed by atoms with Crippen LogP contribution in [-0.2, 0) is 0 Å². The average molecular weight is 404 g/mol. The number of aromatic nitrogens is 2. The fourth-order valence-corrected chi connectivity index (χ4v) is 2.68. The summed E-state index contributed by atoms with van der Waals surface area (Å²) in [6, 6.07) is 17.0. The van der Waals surface area contributed by atoms with Crippen LogP contribution in [0, 0.1) is 0 Å². The van der Waals surface area contributed by atoms with Gasteiger partial charge in [-0.3, -0.25) is 9.89 Å². The molecule has 0 atom stereocenters. The average Bonchev–Trinajstić information content (AvgIpc) is 3.24. The van der Waals surface area contributed by atoms with Crippen LogP contribution in [0.25, 0.3) is 17.3 Å². The quantitative estimate of drug-likeness (QED) is 0.433. The number of methoxy groups -OCH3 is 1. The monoisotopic (exact) mass is 404 g/mol. The summed E-state index contributed by atoms with van der Waals surface area (Å²) >= 11 is 0. The maximum Gasteiger partial charge on any atom is 0.289 e. The Labute approximate surface area is 175 Å². The largest absolute Gasteiger partial charge is 0.493 e. The number of ether oxygens (including phenoxy) is 2. The lowest BCUT2D eigenvalue weighted by atomic mass is 10.1. The van der Waals surface area contributed by atoms with Crippen molar-refractivity contribution in [3.8, 4) is 22.8 Å². The number of nitrogens with one attached hydrogen (secondary N) is 2. The first-order chi connectivity index (χ1) is 14.6. The molecular weight excluding hydrogens is 380 g/mol. The van der Waals surface area contributed by atoms with Crippen molar-refractivity contribution in [3.63, 3.8) is 0 Å². The fourth-order valence-electron chi connectivity index (χ4n) is 2.68. The van der Waals surface area contributed by atoms with Crippen LogP contribution >= 0.6 is 0 Å². The molecule has 0 unspecified atom stereocenters. The van der Waals surface area contributed by atoms with Crippen molar-refractivity contribution in [2.75, 3.05) is 7.11 Å². The Morgan fingerprint density at radius 1 is 1.13 bits per heavy atom. The Morgan fingerprint density at radius 3 is 2.67 bits per heavy atom. The highest BCUT2D eigenvalue weighted by Crippen LogP contribution is 2.32. The molecule has 2 N–H and O–H groups in total. The van der Waals surface area contributed by atoms with Gasteiger partial charge in [0.15, 0.2) is 11.5 Å². The minimum atomic E-state index is -0.384. The van der Waals surface area contributed by atoms with E-state index >= 15 is 0 Å². The second kappa shape index (κ2) is 10.1. The van der Waals surface area contributed by atoms with E-state index in [1.165, 1.54) is 6.21 Å². The number of carbonyl (C=O) groups is 1. The van der Waals surface area contributed by atoms with Gasteiger partial charge >= 0.3 is 0 Å². The molecule has 1 aromatic heterocycles. The van der Waals surface area contributed by atoms with Gasteiger partial charge in [0.05, 0.1) is 18.9 Å². The molecule has 2 aromatic carbocycles. The molecule has 7 heteroatoms. The predicted octanol–water partition coefficient (Wildman–Crippen LogP) is 4.30. The van der Waals surface area contributed by atoms with Crippen LogP contribution in [0.4, 0.5) is 0 Å². The third kappa shape index (κ3) is 5.57. The van der Waals surface area contributed by atoms with E-state index in [4.69, 9.17) is 9.47 Å². The van der Waals surface area contributed by atoms with E-state index in [9.17, 15) is 4.79 Å². The van der Waals surface area contributed by atoms with Gasteiger partial charge in [-0.15, -0.1) is 0 Å². The summed E-state index contributed by atoms with van der Waals surface area (Å²) in [7, 11) is 1.58. The molecular formula is C23H24N4O3. The Bertz CT molecular complexity index is 1040. The Balaban J connectivity index is 1.63. The van der Waals surface area contributed by atoms with Crippen LogP contribution in [-0.4, -0.2) is 35.5 Å². The summed E-state index contributed by atoms with van der Waals surface area (Å²) < 4.78 is 11.1. The molecule has 3 rings (SSSR count). The van der Waals surface area contributed by atoms with Gasteiger partial charge in [0.25, 0.3) is 5.91 Å². The Morgan fingerprint density at radius 2 is 1.93 bits per heavy atom. The van der Waals surface area contributed by atoms with Crippen LogP contribution in [0.1, 0.15) is 29.9 Å². The van der Waals surface area contributed by atoms with Gasteiger partial charge in [0, 0.05) is 11.8 Å². The molecule has 0 spiro atoms. The van der Waals surface area contributed by atoms with Crippen LogP contribution in [0.3, 0.4) is 0 Å². The molecule has 154 valence electrons. The zero-order chi connectivity index (χ0) is 21.3. The minimum Gasteiger partial charge on any atom is -0.493 e. The van der Waals surface area contributed by atoms with Crippen LogP contribution in [0.2, 0.25) is 0 Å². The number of hydrazone groups is 1. The molecule has 0 bridgehead atoms. The highest BCUT2D eigenvalue weighted by molar-refractivity contribution is 5.94. The van der Waals surface area contributed by atoms with E-state index in [0.29, 0.717) is 22.9 Å². The molecule has 0 aliphatic carbocycles. The number of H-pyrrole nitrogens is 1. The van der Waals surface area contributed by atoms with Crippen molar-refractivity contribution < 1.29 is 14.3 Å². The lowest BCUT2D eigenvalue weighted by Crippen LogP contribution is -2.17. The van der Waals surface area contributed by atoms with E-state index in [1.54, 1.807) is 19.3 Å². The summed E-state index contributed by atoms with van der Waals surface area (Å²) in [6.45, 7) is 3.90. The van der Waals surface area contributed by atoms with Crippen molar-refractivity contribution in [1.29, 1.82) is 0 Å². The molecule has 3 aromatic rings. The summed E-state index contributed by atoms with van der Waals surface area (Å²) in [5.74, 6) is 0.873. The van der Waals surface area contributed by atoms with Gasteiger partial charge in [0.2, 0.25) is 0 Å². The number of nitrogens with zero attached hydrogens (tertiary/aromatic N) is 2. The first kappa shape index (κ1) is 20.9. The number of amides is 1. The highest BCUT2D eigenvalue weighted by Gasteiger charge is 2.13. The topological polar surface area (TPSA) is 88.6 Å². The number of hydrogen-bond acceptors (Lipinski definition) is 5. The fraction of sp³-hybridized carbons (Fsp3) is 0.174. The first-order valence-corrected chi connectivity index (χ1v) is 9.52. The van der Waals surface area contributed by atoms with E-state index < -0.39 is 0 Å².